The standard InChI is InChI=1S/C36H59N5O7S/c1-10-14-23(36(27(42)28(36)43)39-21-15-16-21)37-29(44)25-24-22(34(24,8)9)19-41(25)30(45)26(32(2,3)4)38-31(46)40-35(17-12-11-13-18-35)20-49(47,48)33(5,6)7/h21-26,39H,10-20H2,1-9H3,(H,37,44)(H2,38,40,46)/t22?,23?,24?,25-,26+/m0/s1. The lowest BCUT2D eigenvalue weighted by molar-refractivity contribution is -0.144. The van der Waals surface area contributed by atoms with Gasteiger partial charge in [0.05, 0.1) is 22.1 Å². The fourth-order valence-electron chi connectivity index (χ4n) is 8.44. The lowest BCUT2D eigenvalue weighted by atomic mass is 9.83. The Morgan fingerprint density at radius 2 is 1.53 bits per heavy atom. The number of hydrogen-bond acceptors (Lipinski definition) is 8. The number of likely N-dealkylation sites (tertiary alicyclic amines) is 1. The van der Waals surface area contributed by atoms with Crippen molar-refractivity contribution in [3.05, 3.63) is 0 Å². The van der Waals surface area contributed by atoms with E-state index in [1.165, 1.54) is 0 Å². The highest BCUT2D eigenvalue weighted by molar-refractivity contribution is 7.92. The average molecular weight is 706 g/mol. The van der Waals surface area contributed by atoms with Crippen molar-refractivity contribution < 1.29 is 32.4 Å². The van der Waals surface area contributed by atoms with Gasteiger partial charge in [0.1, 0.15) is 12.1 Å². The van der Waals surface area contributed by atoms with Crippen LogP contribution >= 0.6 is 0 Å². The van der Waals surface area contributed by atoms with Crippen molar-refractivity contribution in [2.45, 2.75) is 160 Å². The third kappa shape index (κ3) is 7.04. The number of carbonyl (C=O) groups is 5. The van der Waals surface area contributed by atoms with Gasteiger partial charge >= 0.3 is 6.03 Å². The van der Waals surface area contributed by atoms with Crippen molar-refractivity contribution in [2.75, 3.05) is 12.3 Å². The molecule has 3 unspecified atom stereocenters. The van der Waals surface area contributed by atoms with E-state index in [1.807, 2.05) is 27.7 Å². The van der Waals surface area contributed by atoms with Crippen molar-refractivity contribution >= 4 is 39.2 Å². The Morgan fingerprint density at radius 3 is 2.02 bits per heavy atom. The zero-order valence-corrected chi connectivity index (χ0v) is 31.8. The van der Waals surface area contributed by atoms with E-state index in [4.69, 9.17) is 0 Å². The van der Waals surface area contributed by atoms with E-state index in [1.54, 1.807) is 25.7 Å². The molecular formula is C36H59N5O7S. The van der Waals surface area contributed by atoms with Gasteiger partial charge in [0.2, 0.25) is 23.4 Å². The van der Waals surface area contributed by atoms with Crippen molar-refractivity contribution in [3.63, 3.8) is 0 Å². The summed E-state index contributed by atoms with van der Waals surface area (Å²) in [5.41, 5.74) is -3.27. The molecule has 0 bridgehead atoms. The summed E-state index contributed by atoms with van der Waals surface area (Å²) in [6, 6.07) is -3.09. The molecule has 13 heteroatoms. The van der Waals surface area contributed by atoms with Crippen molar-refractivity contribution in [2.24, 2.45) is 22.7 Å². The van der Waals surface area contributed by atoms with E-state index in [2.05, 4.69) is 35.1 Å². The highest BCUT2D eigenvalue weighted by Crippen LogP contribution is 2.65. The summed E-state index contributed by atoms with van der Waals surface area (Å²) in [6.45, 7) is 17.0. The molecule has 12 nitrogen and oxygen atoms in total. The van der Waals surface area contributed by atoms with E-state index in [9.17, 15) is 32.4 Å². The largest absolute Gasteiger partial charge is 0.349 e. The Kier molecular flexibility index (Phi) is 9.69. The molecule has 5 atom stereocenters. The molecule has 1 saturated heterocycles. The molecule has 0 aromatic rings. The lowest BCUT2D eigenvalue weighted by Crippen LogP contribution is -2.64. The summed E-state index contributed by atoms with van der Waals surface area (Å²) >= 11 is 0. The Morgan fingerprint density at radius 1 is 0.939 bits per heavy atom. The second kappa shape index (κ2) is 12.6. The topological polar surface area (TPSA) is 171 Å². The van der Waals surface area contributed by atoms with Gasteiger partial charge in [0.25, 0.3) is 0 Å². The van der Waals surface area contributed by atoms with E-state index < -0.39 is 66.8 Å². The van der Waals surface area contributed by atoms with Gasteiger partial charge in [-0.15, -0.1) is 0 Å². The van der Waals surface area contributed by atoms with E-state index in [-0.39, 0.29) is 40.9 Å². The van der Waals surface area contributed by atoms with Gasteiger partial charge in [0, 0.05) is 12.6 Å². The SMILES string of the molecule is CCCC(NC(=O)[C@@H]1C2C(CN1C(=O)[C@@H](NC(=O)NC1(CS(=O)(=O)C(C)(C)C)CCCCC1)C(C)(C)C)C2(C)C)C1(NC2CC2)C(=O)C1=O. The minimum atomic E-state index is -3.56. The Bertz CT molecular complexity index is 1470. The number of fused-ring (bicyclic) bond motifs is 1. The normalized spacial score (nSPS) is 28.3. The van der Waals surface area contributed by atoms with Crippen LogP contribution in [0.1, 0.15) is 120 Å². The van der Waals surface area contributed by atoms with Crippen LogP contribution in [0.4, 0.5) is 4.79 Å². The quantitative estimate of drug-likeness (QED) is 0.177. The third-order valence-electron chi connectivity index (χ3n) is 12.0. The number of sulfone groups is 1. The molecule has 4 amide bonds. The summed E-state index contributed by atoms with van der Waals surface area (Å²) in [7, 11) is -3.56. The zero-order valence-electron chi connectivity index (χ0n) is 31.0. The maximum absolute atomic E-state index is 14.5. The number of nitrogens with one attached hydrogen (secondary N) is 4. The molecule has 5 rings (SSSR count). The van der Waals surface area contributed by atoms with Crippen LogP contribution in [-0.4, -0.2) is 95.0 Å². The molecular weight excluding hydrogens is 646 g/mol. The zero-order chi connectivity index (χ0) is 36.5. The van der Waals surface area contributed by atoms with Crippen molar-refractivity contribution in [1.82, 2.24) is 26.2 Å². The highest BCUT2D eigenvalue weighted by Gasteiger charge is 2.73. The fourth-order valence-corrected chi connectivity index (χ4v) is 9.96. The first-order valence-electron chi connectivity index (χ1n) is 18.3. The number of carbonyl (C=O) groups excluding carboxylic acids is 5. The first kappa shape index (κ1) is 37.7. The molecule has 1 heterocycles. The molecule has 0 aromatic heterocycles. The maximum atomic E-state index is 14.5. The summed E-state index contributed by atoms with van der Waals surface area (Å²) in [6.07, 6.45) is 6.42. The number of ketones is 2. The van der Waals surface area contributed by atoms with Crippen LogP contribution in [0.25, 0.3) is 0 Å². The molecule has 5 aliphatic rings. The molecule has 4 N–H and O–H groups in total. The summed E-state index contributed by atoms with van der Waals surface area (Å²) in [5, 5.41) is 12.2. The third-order valence-corrected chi connectivity index (χ3v) is 14.8. The molecule has 49 heavy (non-hydrogen) atoms. The van der Waals surface area contributed by atoms with Gasteiger partial charge in [-0.2, -0.15) is 0 Å². The molecule has 4 aliphatic carbocycles. The van der Waals surface area contributed by atoms with Gasteiger partial charge in [0.15, 0.2) is 15.4 Å². The molecule has 5 fully saturated rings. The molecule has 0 spiro atoms. The van der Waals surface area contributed by atoms with Gasteiger partial charge in [-0.25, -0.2) is 13.2 Å². The first-order valence-corrected chi connectivity index (χ1v) is 20.0. The fraction of sp³-hybridized carbons (Fsp3) is 0.861. The molecule has 276 valence electrons. The first-order chi connectivity index (χ1) is 22.5. The number of urea groups is 1. The lowest BCUT2D eigenvalue weighted by Gasteiger charge is -2.41. The van der Waals surface area contributed by atoms with Crippen LogP contribution < -0.4 is 21.3 Å². The highest BCUT2D eigenvalue weighted by atomic mass is 32.2. The van der Waals surface area contributed by atoms with Gasteiger partial charge in [-0.1, -0.05) is 67.2 Å². The monoisotopic (exact) mass is 705 g/mol. The predicted molar refractivity (Wildman–Crippen MR) is 186 cm³/mol. The van der Waals surface area contributed by atoms with Crippen molar-refractivity contribution in [1.29, 1.82) is 0 Å². The Balaban J connectivity index is 1.36. The number of hydrogen-bond donors (Lipinski definition) is 4. The molecule has 4 saturated carbocycles. The van der Waals surface area contributed by atoms with E-state index >= 15 is 0 Å². The Labute approximate surface area is 292 Å². The van der Waals surface area contributed by atoms with Gasteiger partial charge < -0.3 is 20.9 Å². The predicted octanol–water partition coefficient (Wildman–Crippen LogP) is 3.03. The molecule has 1 aliphatic heterocycles. The molecule has 0 radical (unpaired) electrons. The van der Waals surface area contributed by atoms with Crippen LogP contribution in [0.2, 0.25) is 0 Å². The van der Waals surface area contributed by atoms with Crippen molar-refractivity contribution in [3.8, 4) is 0 Å². The number of nitrogens with zero attached hydrogens (tertiary/aromatic N) is 1. The van der Waals surface area contributed by atoms with E-state index in [0.29, 0.717) is 32.2 Å². The maximum Gasteiger partial charge on any atom is 0.315 e. The number of piperidine rings is 1. The van der Waals surface area contributed by atoms with E-state index in [0.717, 1.165) is 32.1 Å². The average Bonchev–Trinajstić information content (AvgIpc) is 3.91. The van der Waals surface area contributed by atoms with Gasteiger partial charge in [-0.3, -0.25) is 24.5 Å². The number of rotatable bonds is 12. The number of Topliss-reactive ketones (excluding diaryl/α,β-unsaturated/α-hetero) is 2. The second-order valence-corrected chi connectivity index (χ2v) is 21.0. The second-order valence-electron chi connectivity index (χ2n) is 18.2. The molecule has 0 aromatic carbocycles. The number of amides is 4. The van der Waals surface area contributed by atoms with Gasteiger partial charge in [-0.05, 0) is 75.5 Å². The van der Waals surface area contributed by atoms with Crippen LogP contribution in [0.15, 0.2) is 0 Å². The van der Waals surface area contributed by atoms with Crippen LogP contribution in [0, 0.1) is 22.7 Å². The summed E-state index contributed by atoms with van der Waals surface area (Å²) < 4.78 is 25.7. The minimum Gasteiger partial charge on any atom is -0.349 e. The van der Waals surface area contributed by atoms with Crippen LogP contribution in [0.5, 0.6) is 0 Å². The summed E-state index contributed by atoms with van der Waals surface area (Å²) in [4.78, 5) is 69.6. The van der Waals surface area contributed by atoms with Crippen LogP contribution in [-0.2, 0) is 29.0 Å². The summed E-state index contributed by atoms with van der Waals surface area (Å²) in [5.74, 6) is -1.99. The Hall–Kier alpha value is -2.54. The minimum absolute atomic E-state index is 0.0778. The smallest absolute Gasteiger partial charge is 0.315 e. The van der Waals surface area contributed by atoms with Crippen LogP contribution in [0.3, 0.4) is 0 Å².